The maximum atomic E-state index is 6.05. The third-order valence-corrected chi connectivity index (χ3v) is 4.80. The van der Waals surface area contributed by atoms with E-state index in [4.69, 9.17) is 5.73 Å². The van der Waals surface area contributed by atoms with Gasteiger partial charge in [-0.05, 0) is 54.9 Å². The van der Waals surface area contributed by atoms with Gasteiger partial charge in [0.2, 0.25) is 0 Å². The summed E-state index contributed by atoms with van der Waals surface area (Å²) in [5, 5.41) is 14.3. The summed E-state index contributed by atoms with van der Waals surface area (Å²) >= 11 is 0. The Morgan fingerprint density at radius 3 is 2.63 bits per heavy atom. The molecule has 0 radical (unpaired) electrons. The number of H-pyrrole nitrogens is 1. The molecule has 0 aliphatic rings. The summed E-state index contributed by atoms with van der Waals surface area (Å²) in [6.45, 7) is 2.67. The second-order valence-corrected chi connectivity index (χ2v) is 7.04. The minimum absolute atomic E-state index is 0.560. The van der Waals surface area contributed by atoms with Gasteiger partial charge >= 0.3 is 0 Å². The largest absolute Gasteiger partial charge is 0.383 e. The summed E-state index contributed by atoms with van der Waals surface area (Å²) in [5.74, 6) is 0.560. The van der Waals surface area contributed by atoms with E-state index in [9.17, 15) is 0 Å². The third-order valence-electron chi connectivity index (χ3n) is 4.80. The van der Waals surface area contributed by atoms with Gasteiger partial charge in [0.1, 0.15) is 5.82 Å². The number of nitrogen functional groups attached to an aromatic ring is 1. The van der Waals surface area contributed by atoms with Crippen LogP contribution in [-0.2, 0) is 6.54 Å². The Balaban J connectivity index is 1.65. The number of aromatic nitrogens is 3. The van der Waals surface area contributed by atoms with Crippen LogP contribution in [0.1, 0.15) is 5.69 Å². The number of benzene rings is 2. The standard InChI is InChI=1S/C21H24N6/c1-27(2)10-9-23-13-20-18-12-16(5-6-19(18)25-26-20)15-4-3-14-7-8-24-21(22)17(14)11-15/h3-8,11-12,23H,9-10,13H2,1-2H3,(H2,22,24)(H,25,26). The number of aromatic amines is 1. The molecule has 4 N–H and O–H groups in total. The van der Waals surface area contributed by atoms with Gasteiger partial charge in [0.15, 0.2) is 0 Å². The quantitative estimate of drug-likeness (QED) is 0.461. The molecular formula is C21H24N6. The summed E-state index contributed by atoms with van der Waals surface area (Å²) < 4.78 is 0. The summed E-state index contributed by atoms with van der Waals surface area (Å²) in [6, 6.07) is 14.7. The molecule has 4 rings (SSSR count). The van der Waals surface area contributed by atoms with Crippen molar-refractivity contribution in [2.75, 3.05) is 32.9 Å². The van der Waals surface area contributed by atoms with E-state index in [0.29, 0.717) is 5.82 Å². The van der Waals surface area contributed by atoms with E-state index in [1.807, 2.05) is 6.07 Å². The van der Waals surface area contributed by atoms with Gasteiger partial charge in [0.05, 0.1) is 11.2 Å². The summed E-state index contributed by atoms with van der Waals surface area (Å²) in [7, 11) is 4.15. The van der Waals surface area contributed by atoms with Crippen LogP contribution >= 0.6 is 0 Å². The Morgan fingerprint density at radius 1 is 1.04 bits per heavy atom. The highest BCUT2D eigenvalue weighted by atomic mass is 15.1. The molecule has 0 atom stereocenters. The highest BCUT2D eigenvalue weighted by molar-refractivity contribution is 5.95. The number of fused-ring (bicyclic) bond motifs is 2. The Labute approximate surface area is 158 Å². The average Bonchev–Trinajstić information content (AvgIpc) is 3.07. The van der Waals surface area contributed by atoms with Crippen molar-refractivity contribution >= 4 is 27.5 Å². The molecule has 0 amide bonds. The van der Waals surface area contributed by atoms with Crippen LogP contribution in [-0.4, -0.2) is 47.3 Å². The summed E-state index contributed by atoms with van der Waals surface area (Å²) in [6.07, 6.45) is 1.74. The lowest BCUT2D eigenvalue weighted by atomic mass is 10.00. The minimum atomic E-state index is 0.560. The molecule has 2 heterocycles. The van der Waals surface area contributed by atoms with Crippen molar-refractivity contribution < 1.29 is 0 Å². The topological polar surface area (TPSA) is 82.9 Å². The third kappa shape index (κ3) is 3.63. The molecule has 2 aromatic heterocycles. The van der Waals surface area contributed by atoms with Crippen LogP contribution < -0.4 is 11.1 Å². The van der Waals surface area contributed by atoms with Crippen LogP contribution in [0.4, 0.5) is 5.82 Å². The summed E-state index contributed by atoms with van der Waals surface area (Å²) in [5.41, 5.74) is 10.4. The molecule has 0 fully saturated rings. The van der Waals surface area contributed by atoms with Crippen molar-refractivity contribution in [3.63, 3.8) is 0 Å². The molecule has 27 heavy (non-hydrogen) atoms. The Morgan fingerprint density at radius 2 is 1.81 bits per heavy atom. The number of nitrogens with zero attached hydrogens (tertiary/aromatic N) is 3. The molecule has 0 aliphatic carbocycles. The van der Waals surface area contributed by atoms with Gasteiger partial charge < -0.3 is 16.0 Å². The normalized spacial score (nSPS) is 11.7. The van der Waals surface area contributed by atoms with Crippen LogP contribution in [0.3, 0.4) is 0 Å². The van der Waals surface area contributed by atoms with Gasteiger partial charge in [0, 0.05) is 36.6 Å². The first-order valence-corrected chi connectivity index (χ1v) is 9.09. The summed E-state index contributed by atoms with van der Waals surface area (Å²) in [4.78, 5) is 6.36. The molecule has 0 saturated carbocycles. The molecule has 0 spiro atoms. The predicted octanol–water partition coefficient (Wildman–Crippen LogP) is 3.01. The Bertz CT molecular complexity index is 1080. The number of likely N-dealkylation sites (N-methyl/N-ethyl adjacent to an activating group) is 1. The molecule has 6 nitrogen and oxygen atoms in total. The fourth-order valence-corrected chi connectivity index (χ4v) is 3.26. The zero-order valence-corrected chi connectivity index (χ0v) is 15.7. The van der Waals surface area contributed by atoms with Crippen molar-refractivity contribution in [3.8, 4) is 11.1 Å². The molecule has 4 aromatic rings. The monoisotopic (exact) mass is 360 g/mol. The van der Waals surface area contributed by atoms with Gasteiger partial charge in [0.25, 0.3) is 0 Å². The van der Waals surface area contributed by atoms with E-state index in [-0.39, 0.29) is 0 Å². The van der Waals surface area contributed by atoms with Crippen molar-refractivity contribution in [3.05, 3.63) is 54.4 Å². The molecule has 138 valence electrons. The lowest BCUT2D eigenvalue weighted by Crippen LogP contribution is -2.26. The fraction of sp³-hybridized carbons (Fsp3) is 0.238. The number of hydrogen-bond acceptors (Lipinski definition) is 5. The van der Waals surface area contributed by atoms with Gasteiger partial charge in [-0.25, -0.2) is 4.98 Å². The van der Waals surface area contributed by atoms with E-state index in [1.54, 1.807) is 6.20 Å². The van der Waals surface area contributed by atoms with Crippen molar-refractivity contribution in [2.45, 2.75) is 6.54 Å². The van der Waals surface area contributed by atoms with E-state index < -0.39 is 0 Å². The second-order valence-electron chi connectivity index (χ2n) is 7.04. The number of rotatable bonds is 6. The van der Waals surface area contributed by atoms with E-state index in [2.05, 4.69) is 75.9 Å². The van der Waals surface area contributed by atoms with E-state index >= 15 is 0 Å². The van der Waals surface area contributed by atoms with Crippen molar-refractivity contribution in [2.24, 2.45) is 0 Å². The van der Waals surface area contributed by atoms with Crippen LogP contribution in [0.25, 0.3) is 32.8 Å². The van der Waals surface area contributed by atoms with Crippen molar-refractivity contribution in [1.82, 2.24) is 25.4 Å². The number of nitrogens with one attached hydrogen (secondary N) is 2. The first-order chi connectivity index (χ1) is 13.1. The first kappa shape index (κ1) is 17.5. The van der Waals surface area contributed by atoms with Gasteiger partial charge in [-0.15, -0.1) is 0 Å². The highest BCUT2D eigenvalue weighted by Gasteiger charge is 2.09. The van der Waals surface area contributed by atoms with E-state index in [0.717, 1.165) is 58.1 Å². The smallest absolute Gasteiger partial charge is 0.131 e. The van der Waals surface area contributed by atoms with Crippen LogP contribution in [0.5, 0.6) is 0 Å². The van der Waals surface area contributed by atoms with Crippen LogP contribution in [0.15, 0.2) is 48.7 Å². The van der Waals surface area contributed by atoms with E-state index in [1.165, 1.54) is 0 Å². The molecule has 0 saturated heterocycles. The van der Waals surface area contributed by atoms with Crippen LogP contribution in [0, 0.1) is 0 Å². The van der Waals surface area contributed by atoms with Crippen molar-refractivity contribution in [1.29, 1.82) is 0 Å². The number of pyridine rings is 1. The number of hydrogen-bond donors (Lipinski definition) is 3. The Kier molecular flexibility index (Phi) is 4.75. The molecule has 0 bridgehead atoms. The highest BCUT2D eigenvalue weighted by Crippen LogP contribution is 2.29. The fourth-order valence-electron chi connectivity index (χ4n) is 3.26. The maximum Gasteiger partial charge on any atom is 0.131 e. The zero-order chi connectivity index (χ0) is 18.8. The first-order valence-electron chi connectivity index (χ1n) is 9.09. The second kappa shape index (κ2) is 7.34. The van der Waals surface area contributed by atoms with Gasteiger partial charge in [-0.1, -0.05) is 18.2 Å². The lowest BCUT2D eigenvalue weighted by molar-refractivity contribution is 0.399. The number of nitrogens with two attached hydrogens (primary N) is 1. The van der Waals surface area contributed by atoms with Gasteiger partial charge in [-0.3, -0.25) is 5.10 Å². The zero-order valence-electron chi connectivity index (χ0n) is 15.7. The lowest BCUT2D eigenvalue weighted by Gasteiger charge is -2.09. The molecule has 0 unspecified atom stereocenters. The maximum absolute atomic E-state index is 6.05. The van der Waals surface area contributed by atoms with Crippen LogP contribution in [0.2, 0.25) is 0 Å². The number of anilines is 1. The minimum Gasteiger partial charge on any atom is -0.383 e. The molecule has 0 aliphatic heterocycles. The SMILES string of the molecule is CN(C)CCNCc1n[nH]c2ccc(-c3ccc4ccnc(N)c4c3)cc12. The Hall–Kier alpha value is -2.96. The molecular weight excluding hydrogens is 336 g/mol. The molecule has 6 heteroatoms. The predicted molar refractivity (Wildman–Crippen MR) is 112 cm³/mol. The molecule has 2 aromatic carbocycles. The van der Waals surface area contributed by atoms with Gasteiger partial charge in [-0.2, -0.15) is 5.10 Å². The average molecular weight is 360 g/mol.